The molecule has 0 saturated heterocycles. The van der Waals surface area contributed by atoms with Crippen LogP contribution in [-0.2, 0) is 9.59 Å². The number of rotatable bonds is 6. The number of non-ortho nitro benzene ring substituents is 1. The summed E-state index contributed by atoms with van der Waals surface area (Å²) >= 11 is 0. The number of nitro benzene ring substituents is 1. The zero-order valence-electron chi connectivity index (χ0n) is 10.3. The molecule has 0 aromatic heterocycles. The molecule has 0 heterocycles. The van der Waals surface area contributed by atoms with Crippen molar-refractivity contribution in [2.24, 2.45) is 0 Å². The van der Waals surface area contributed by atoms with Gasteiger partial charge in [0.2, 0.25) is 5.91 Å². The second-order valence-corrected chi connectivity index (χ2v) is 4.01. The number of hydrogen-bond donors (Lipinski definition) is 2. The highest BCUT2D eigenvalue weighted by atomic mass is 16.6. The first kappa shape index (κ1) is 14.6. The maximum absolute atomic E-state index is 11.7. The van der Waals surface area contributed by atoms with Crippen molar-refractivity contribution in [2.75, 3.05) is 6.54 Å². The Labute approximate surface area is 109 Å². The summed E-state index contributed by atoms with van der Waals surface area (Å²) in [4.78, 5) is 32.1. The maximum Gasteiger partial charge on any atom is 0.305 e. The van der Waals surface area contributed by atoms with Gasteiger partial charge in [-0.1, -0.05) is 12.1 Å². The molecule has 1 atom stereocenters. The van der Waals surface area contributed by atoms with E-state index in [1.54, 1.807) is 13.0 Å². The zero-order valence-corrected chi connectivity index (χ0v) is 10.3. The molecule has 0 radical (unpaired) electrons. The van der Waals surface area contributed by atoms with E-state index in [1.807, 2.05) is 0 Å². The summed E-state index contributed by atoms with van der Waals surface area (Å²) in [6.07, 6.45) is -0.159. The van der Waals surface area contributed by atoms with Gasteiger partial charge >= 0.3 is 5.97 Å². The molecule has 7 heteroatoms. The Morgan fingerprint density at radius 3 is 2.74 bits per heavy atom. The van der Waals surface area contributed by atoms with Gasteiger partial charge in [0.1, 0.15) is 0 Å². The average Bonchev–Trinajstić information content (AvgIpc) is 2.37. The van der Waals surface area contributed by atoms with E-state index in [0.29, 0.717) is 5.56 Å². The van der Waals surface area contributed by atoms with Gasteiger partial charge in [0.15, 0.2) is 0 Å². The number of nitrogens with zero attached hydrogens (tertiary/aromatic N) is 1. The van der Waals surface area contributed by atoms with Crippen LogP contribution < -0.4 is 5.32 Å². The van der Waals surface area contributed by atoms with Gasteiger partial charge < -0.3 is 10.4 Å². The van der Waals surface area contributed by atoms with Crippen LogP contribution in [-0.4, -0.2) is 28.5 Å². The fraction of sp³-hybridized carbons (Fsp3) is 0.333. The molecule has 1 unspecified atom stereocenters. The average molecular weight is 266 g/mol. The molecule has 0 spiro atoms. The highest BCUT2D eigenvalue weighted by molar-refractivity contribution is 5.83. The number of nitro groups is 1. The Morgan fingerprint density at radius 2 is 2.16 bits per heavy atom. The van der Waals surface area contributed by atoms with Gasteiger partial charge in [-0.3, -0.25) is 19.7 Å². The van der Waals surface area contributed by atoms with E-state index < -0.39 is 16.8 Å². The smallest absolute Gasteiger partial charge is 0.305 e. The van der Waals surface area contributed by atoms with Crippen LogP contribution in [0.4, 0.5) is 5.69 Å². The predicted octanol–water partition coefficient (Wildman–Crippen LogP) is 1.29. The predicted molar refractivity (Wildman–Crippen MR) is 66.8 cm³/mol. The van der Waals surface area contributed by atoms with Gasteiger partial charge in [0.05, 0.1) is 17.3 Å². The molecule has 1 aromatic rings. The van der Waals surface area contributed by atoms with Crippen LogP contribution >= 0.6 is 0 Å². The van der Waals surface area contributed by atoms with Crippen molar-refractivity contribution in [1.82, 2.24) is 5.32 Å². The summed E-state index contributed by atoms with van der Waals surface area (Å²) in [7, 11) is 0. The van der Waals surface area contributed by atoms with Gasteiger partial charge in [0.25, 0.3) is 5.69 Å². The van der Waals surface area contributed by atoms with E-state index in [1.165, 1.54) is 18.2 Å². The topological polar surface area (TPSA) is 110 Å². The highest BCUT2D eigenvalue weighted by Gasteiger charge is 2.17. The fourth-order valence-electron chi connectivity index (χ4n) is 1.50. The van der Waals surface area contributed by atoms with E-state index in [9.17, 15) is 19.7 Å². The minimum Gasteiger partial charge on any atom is -0.481 e. The Hall–Kier alpha value is -2.44. The number of carbonyl (C=O) groups excluding carboxylic acids is 1. The molecule has 0 aliphatic heterocycles. The first-order valence-corrected chi connectivity index (χ1v) is 5.65. The van der Waals surface area contributed by atoms with Gasteiger partial charge in [0, 0.05) is 18.7 Å². The third kappa shape index (κ3) is 4.38. The molecule has 0 aliphatic carbocycles. The molecule has 0 aliphatic rings. The SMILES string of the molecule is CC(C(=O)NCCC(=O)O)c1cccc([N+](=O)[O-])c1. The molecule has 19 heavy (non-hydrogen) atoms. The van der Waals surface area contributed by atoms with Gasteiger partial charge in [-0.2, -0.15) is 0 Å². The van der Waals surface area contributed by atoms with Gasteiger partial charge in [-0.25, -0.2) is 0 Å². The van der Waals surface area contributed by atoms with E-state index >= 15 is 0 Å². The third-order valence-electron chi connectivity index (χ3n) is 2.61. The number of hydrogen-bond acceptors (Lipinski definition) is 4. The first-order chi connectivity index (χ1) is 8.91. The number of benzene rings is 1. The van der Waals surface area contributed by atoms with Gasteiger partial charge in [-0.05, 0) is 12.5 Å². The standard InChI is InChI=1S/C12H14N2O5/c1-8(12(17)13-6-5-11(15)16)9-3-2-4-10(7-9)14(18)19/h2-4,7-8H,5-6H2,1H3,(H,13,17)(H,15,16). The molecule has 1 aromatic carbocycles. The van der Waals surface area contributed by atoms with E-state index in [4.69, 9.17) is 5.11 Å². The second kappa shape index (κ2) is 6.48. The van der Waals surface area contributed by atoms with Crippen LogP contribution in [0.1, 0.15) is 24.8 Å². The molecule has 1 rings (SSSR count). The summed E-state index contributed by atoms with van der Waals surface area (Å²) < 4.78 is 0. The van der Waals surface area contributed by atoms with E-state index in [-0.39, 0.29) is 24.6 Å². The van der Waals surface area contributed by atoms with Crippen molar-refractivity contribution in [2.45, 2.75) is 19.3 Å². The molecule has 0 saturated carbocycles. The quantitative estimate of drug-likeness (QED) is 0.595. The van der Waals surface area contributed by atoms with E-state index in [2.05, 4.69) is 5.32 Å². The number of amides is 1. The minimum atomic E-state index is -0.997. The number of aliphatic carboxylic acids is 1. The van der Waals surface area contributed by atoms with Crippen molar-refractivity contribution < 1.29 is 19.6 Å². The van der Waals surface area contributed by atoms with Crippen LogP contribution in [0.25, 0.3) is 0 Å². The largest absolute Gasteiger partial charge is 0.481 e. The van der Waals surface area contributed by atoms with Crippen molar-refractivity contribution in [1.29, 1.82) is 0 Å². The lowest BCUT2D eigenvalue weighted by Crippen LogP contribution is -2.29. The monoisotopic (exact) mass is 266 g/mol. The van der Waals surface area contributed by atoms with Crippen molar-refractivity contribution in [3.8, 4) is 0 Å². The summed E-state index contributed by atoms with van der Waals surface area (Å²) in [6, 6.07) is 5.81. The van der Waals surface area contributed by atoms with Crippen LogP contribution in [0, 0.1) is 10.1 Å². The van der Waals surface area contributed by atoms with E-state index in [0.717, 1.165) is 0 Å². The molecule has 2 N–H and O–H groups in total. The molecule has 0 bridgehead atoms. The summed E-state index contributed by atoms with van der Waals surface area (Å²) in [5, 5.41) is 21.6. The third-order valence-corrected chi connectivity index (χ3v) is 2.61. The van der Waals surface area contributed by atoms with Crippen molar-refractivity contribution >= 4 is 17.6 Å². The Morgan fingerprint density at radius 1 is 1.47 bits per heavy atom. The Kier molecular flexibility index (Phi) is 4.99. The van der Waals surface area contributed by atoms with Gasteiger partial charge in [-0.15, -0.1) is 0 Å². The lowest BCUT2D eigenvalue weighted by Gasteiger charge is -2.11. The number of carboxylic acid groups (broad SMARTS) is 1. The maximum atomic E-state index is 11.7. The molecule has 0 fully saturated rings. The normalized spacial score (nSPS) is 11.6. The summed E-state index contributed by atoms with van der Waals surface area (Å²) in [6.45, 7) is 1.64. The summed E-state index contributed by atoms with van der Waals surface area (Å²) in [5.41, 5.74) is 0.435. The molecular formula is C12H14N2O5. The lowest BCUT2D eigenvalue weighted by atomic mass is 10.00. The fourth-order valence-corrected chi connectivity index (χ4v) is 1.50. The zero-order chi connectivity index (χ0) is 14.4. The number of carbonyl (C=O) groups is 2. The molecule has 102 valence electrons. The lowest BCUT2D eigenvalue weighted by molar-refractivity contribution is -0.384. The highest BCUT2D eigenvalue weighted by Crippen LogP contribution is 2.20. The minimum absolute atomic E-state index is 0.0352. The molecule has 7 nitrogen and oxygen atoms in total. The van der Waals surface area contributed by atoms with Crippen molar-refractivity contribution in [3.05, 3.63) is 39.9 Å². The molecule has 1 amide bonds. The second-order valence-electron chi connectivity index (χ2n) is 4.01. The Balaban J connectivity index is 2.68. The van der Waals surface area contributed by atoms with Crippen LogP contribution in [0.15, 0.2) is 24.3 Å². The molecular weight excluding hydrogens is 252 g/mol. The number of nitrogens with one attached hydrogen (secondary N) is 1. The summed E-state index contributed by atoms with van der Waals surface area (Å²) in [5.74, 6) is -1.93. The first-order valence-electron chi connectivity index (χ1n) is 5.65. The van der Waals surface area contributed by atoms with Crippen molar-refractivity contribution in [3.63, 3.8) is 0 Å². The van der Waals surface area contributed by atoms with Crippen LogP contribution in [0.5, 0.6) is 0 Å². The number of carboxylic acids is 1. The van der Waals surface area contributed by atoms with Crippen LogP contribution in [0.2, 0.25) is 0 Å². The Bertz CT molecular complexity index is 501. The van der Waals surface area contributed by atoms with Crippen LogP contribution in [0.3, 0.4) is 0 Å².